The lowest BCUT2D eigenvalue weighted by Gasteiger charge is -2.59. The predicted octanol–water partition coefficient (Wildman–Crippen LogP) is 9.89. The number of hydrogen-bond donors (Lipinski definition) is 0. The molecule has 3 amide bonds. The number of imide groups is 1. The Morgan fingerprint density at radius 1 is 0.957 bits per heavy atom. The summed E-state index contributed by atoms with van der Waals surface area (Å²) >= 11 is 0. The van der Waals surface area contributed by atoms with Gasteiger partial charge in [0.25, 0.3) is 11.8 Å². The van der Waals surface area contributed by atoms with Gasteiger partial charge in [-0.25, -0.2) is 4.79 Å². The first-order valence-corrected chi connectivity index (χ1v) is 18.8. The summed E-state index contributed by atoms with van der Waals surface area (Å²) in [6.45, 7) is 17.9. The maximum absolute atomic E-state index is 13.8. The molecule has 3 saturated carbocycles. The molecule has 0 saturated heterocycles. The number of ether oxygens (including phenoxy) is 1. The van der Waals surface area contributed by atoms with E-state index in [4.69, 9.17) is 4.74 Å². The Kier molecular flexibility index (Phi) is 9.24. The van der Waals surface area contributed by atoms with E-state index in [2.05, 4.69) is 40.7 Å². The number of nitrogens with zero attached hydrogens (tertiary/aromatic N) is 2. The number of allylic oxidation sites excluding steroid dienone is 1. The van der Waals surface area contributed by atoms with Crippen LogP contribution in [0.2, 0.25) is 0 Å². The Morgan fingerprint density at radius 3 is 2.28 bits per heavy atom. The van der Waals surface area contributed by atoms with Gasteiger partial charge in [-0.2, -0.15) is 0 Å². The minimum Gasteiger partial charge on any atom is -0.444 e. The largest absolute Gasteiger partial charge is 0.444 e. The maximum atomic E-state index is 13.8. The van der Waals surface area contributed by atoms with Gasteiger partial charge in [0.2, 0.25) is 0 Å². The Bertz CT molecular complexity index is 1370. The van der Waals surface area contributed by atoms with E-state index >= 15 is 0 Å². The molecule has 3 fully saturated rings. The van der Waals surface area contributed by atoms with Crippen LogP contribution in [0.4, 0.5) is 4.79 Å². The molecule has 258 valence electrons. The molecule has 8 atom stereocenters. The van der Waals surface area contributed by atoms with Crippen molar-refractivity contribution >= 4 is 17.9 Å². The second-order valence-corrected chi connectivity index (χ2v) is 17.9. The maximum Gasteiger partial charge on any atom is 0.411 e. The third-order valence-electron chi connectivity index (χ3n) is 13.5. The minimum atomic E-state index is -0.683. The van der Waals surface area contributed by atoms with Crippen molar-refractivity contribution < 1.29 is 19.1 Å². The van der Waals surface area contributed by atoms with E-state index in [0.29, 0.717) is 22.5 Å². The third kappa shape index (κ3) is 6.21. The zero-order valence-corrected chi connectivity index (χ0v) is 30.4. The molecule has 4 aliphatic carbocycles. The molecule has 0 N–H and O–H groups in total. The molecule has 4 unspecified atom stereocenters. The van der Waals surface area contributed by atoms with Crippen molar-refractivity contribution in [2.75, 3.05) is 6.67 Å². The molecule has 0 bridgehead atoms. The van der Waals surface area contributed by atoms with Crippen LogP contribution in [0.5, 0.6) is 0 Å². The van der Waals surface area contributed by atoms with E-state index in [9.17, 15) is 14.4 Å². The van der Waals surface area contributed by atoms with E-state index in [0.717, 1.165) is 55.3 Å². The van der Waals surface area contributed by atoms with Gasteiger partial charge in [-0.1, -0.05) is 77.7 Å². The van der Waals surface area contributed by atoms with E-state index < -0.39 is 11.7 Å². The second kappa shape index (κ2) is 12.7. The number of fused-ring (bicyclic) bond motifs is 6. The molecule has 5 aliphatic rings. The quantitative estimate of drug-likeness (QED) is 0.209. The highest BCUT2D eigenvalue weighted by molar-refractivity contribution is 6.21. The summed E-state index contributed by atoms with van der Waals surface area (Å²) in [4.78, 5) is 43.4. The SMILES string of the molecule is CC(C)CCCC(C)[C@H]1CCC2C3CC=C4C[C@@H](N(CN5C(=O)c6ccccc6C5=O)C(=O)OC(C)(C)C)CC[C@]4(C)C3CC[C@@]21C. The molecule has 1 aromatic rings. The first kappa shape index (κ1) is 34.2. The van der Waals surface area contributed by atoms with Gasteiger partial charge in [0.1, 0.15) is 12.3 Å². The van der Waals surface area contributed by atoms with E-state index in [-0.39, 0.29) is 29.9 Å². The van der Waals surface area contributed by atoms with Gasteiger partial charge >= 0.3 is 6.09 Å². The fourth-order valence-electron chi connectivity index (χ4n) is 11.1. The summed E-state index contributed by atoms with van der Waals surface area (Å²) in [5, 5.41) is 0. The van der Waals surface area contributed by atoms with Crippen LogP contribution in [0.25, 0.3) is 0 Å². The van der Waals surface area contributed by atoms with Crippen LogP contribution in [0.3, 0.4) is 0 Å². The van der Waals surface area contributed by atoms with Crippen molar-refractivity contribution in [3.8, 4) is 0 Å². The van der Waals surface area contributed by atoms with E-state index in [1.807, 2.05) is 20.8 Å². The predicted molar refractivity (Wildman–Crippen MR) is 187 cm³/mol. The van der Waals surface area contributed by atoms with Gasteiger partial charge in [-0.15, -0.1) is 0 Å². The zero-order valence-electron chi connectivity index (χ0n) is 30.4. The number of carbonyl (C=O) groups excluding carboxylic acids is 3. The number of benzene rings is 1. The van der Waals surface area contributed by atoms with Gasteiger partial charge < -0.3 is 4.74 Å². The van der Waals surface area contributed by atoms with Gasteiger partial charge in [0.05, 0.1) is 11.1 Å². The number of rotatable bonds is 8. The van der Waals surface area contributed by atoms with Crippen molar-refractivity contribution in [3.05, 3.63) is 47.0 Å². The van der Waals surface area contributed by atoms with Crippen LogP contribution < -0.4 is 0 Å². The highest BCUT2D eigenvalue weighted by Crippen LogP contribution is 2.67. The fraction of sp³-hybridized carbons (Fsp3) is 0.732. The van der Waals surface area contributed by atoms with Crippen molar-refractivity contribution in [3.63, 3.8) is 0 Å². The molecule has 0 aromatic heterocycles. The summed E-state index contributed by atoms with van der Waals surface area (Å²) in [5.41, 5.74) is 2.20. The summed E-state index contributed by atoms with van der Waals surface area (Å²) in [6, 6.07) is 6.81. The molecule has 1 heterocycles. The molecular weight excluding hydrogens is 584 g/mol. The van der Waals surface area contributed by atoms with Crippen molar-refractivity contribution in [1.82, 2.24) is 9.80 Å². The summed E-state index contributed by atoms with van der Waals surface area (Å²) in [5.74, 6) is 4.00. The Hall–Kier alpha value is -2.63. The first-order valence-electron chi connectivity index (χ1n) is 18.8. The van der Waals surface area contributed by atoms with Crippen LogP contribution >= 0.6 is 0 Å². The van der Waals surface area contributed by atoms with Gasteiger partial charge in [0, 0.05) is 6.04 Å². The minimum absolute atomic E-state index is 0.0842. The summed E-state index contributed by atoms with van der Waals surface area (Å²) in [6.07, 6.45) is 15.4. The Balaban J connectivity index is 1.20. The van der Waals surface area contributed by atoms with Gasteiger partial charge in [-0.3, -0.25) is 19.4 Å². The molecule has 6 rings (SSSR count). The van der Waals surface area contributed by atoms with E-state index in [1.54, 1.807) is 29.2 Å². The molecule has 6 nitrogen and oxygen atoms in total. The van der Waals surface area contributed by atoms with Crippen LogP contribution in [0.15, 0.2) is 35.9 Å². The zero-order chi connectivity index (χ0) is 33.9. The highest BCUT2D eigenvalue weighted by atomic mass is 16.6. The lowest BCUT2D eigenvalue weighted by atomic mass is 9.47. The second-order valence-electron chi connectivity index (χ2n) is 17.9. The summed E-state index contributed by atoms with van der Waals surface area (Å²) in [7, 11) is 0. The molecule has 47 heavy (non-hydrogen) atoms. The van der Waals surface area contributed by atoms with Gasteiger partial charge in [0.15, 0.2) is 0 Å². The van der Waals surface area contributed by atoms with E-state index in [1.165, 1.54) is 55.4 Å². The molecule has 0 radical (unpaired) electrons. The monoisotopic (exact) mass is 644 g/mol. The van der Waals surface area contributed by atoms with Gasteiger partial charge in [-0.05, 0) is 131 Å². The molecule has 1 aromatic carbocycles. The van der Waals surface area contributed by atoms with Crippen LogP contribution in [-0.4, -0.2) is 46.0 Å². The summed E-state index contributed by atoms with van der Waals surface area (Å²) < 4.78 is 5.90. The Labute approximate surface area is 284 Å². The van der Waals surface area contributed by atoms with Crippen molar-refractivity contribution in [2.45, 2.75) is 138 Å². The van der Waals surface area contributed by atoms with Crippen molar-refractivity contribution in [1.29, 1.82) is 0 Å². The van der Waals surface area contributed by atoms with Crippen LogP contribution in [0, 0.1) is 46.3 Å². The van der Waals surface area contributed by atoms with Crippen LogP contribution in [0.1, 0.15) is 147 Å². The molecule has 0 spiro atoms. The number of hydrogen-bond acceptors (Lipinski definition) is 4. The Morgan fingerprint density at radius 2 is 1.64 bits per heavy atom. The van der Waals surface area contributed by atoms with Crippen molar-refractivity contribution in [2.24, 2.45) is 46.3 Å². The molecule has 6 heteroatoms. The highest BCUT2D eigenvalue weighted by Gasteiger charge is 2.59. The number of amides is 3. The molecule has 1 aliphatic heterocycles. The third-order valence-corrected chi connectivity index (χ3v) is 13.5. The fourth-order valence-corrected chi connectivity index (χ4v) is 11.1. The lowest BCUT2D eigenvalue weighted by Crippen LogP contribution is -2.55. The number of carbonyl (C=O) groups is 3. The first-order chi connectivity index (χ1) is 22.1. The average molecular weight is 645 g/mol. The standard InChI is InChI=1S/C41H60N2O4/c1-26(2)12-11-13-27(3)33-18-19-34-32-17-16-28-24-29(20-22-40(28,7)35(32)21-23-41(33,34)8)42(38(46)47-39(4,5)6)25-43-36(44)30-14-9-10-15-31(30)37(43)45/h9-10,14-16,26-27,29,32-35H,11-13,17-25H2,1-8H3/t27?,29-,32?,33+,34?,35?,40-,41+/m0/s1. The average Bonchev–Trinajstić information content (AvgIpc) is 3.48. The smallest absolute Gasteiger partial charge is 0.411 e. The topological polar surface area (TPSA) is 66.9 Å². The molecular formula is C41H60N2O4. The normalized spacial score (nSPS) is 33.9. The lowest BCUT2D eigenvalue weighted by molar-refractivity contribution is -0.0567. The van der Waals surface area contributed by atoms with Crippen LogP contribution in [-0.2, 0) is 4.74 Å².